The van der Waals surface area contributed by atoms with Crippen LogP contribution in [0.1, 0.15) is 10.4 Å². The molecule has 16 heavy (non-hydrogen) atoms. The summed E-state index contributed by atoms with van der Waals surface area (Å²) in [6, 6.07) is 6.03. The van der Waals surface area contributed by atoms with Crippen molar-refractivity contribution in [2.45, 2.75) is 4.90 Å². The molecule has 0 atom stereocenters. The first-order valence-corrected chi connectivity index (χ1v) is 6.24. The zero-order valence-electron chi connectivity index (χ0n) is 8.08. The molecule has 5 nitrogen and oxygen atoms in total. The molecule has 0 spiro atoms. The van der Waals surface area contributed by atoms with Crippen molar-refractivity contribution in [3.63, 3.8) is 0 Å². The molecule has 1 amide bonds. The Morgan fingerprint density at radius 1 is 1.38 bits per heavy atom. The third-order valence-corrected chi connectivity index (χ3v) is 4.13. The van der Waals surface area contributed by atoms with Crippen LogP contribution >= 0.6 is 12.2 Å². The monoisotopic (exact) mass is 256 g/mol. The molecule has 0 aromatic heterocycles. The molecule has 1 heterocycles. The molecule has 0 unspecified atom stereocenters. The van der Waals surface area contributed by atoms with E-state index in [4.69, 9.17) is 5.73 Å². The van der Waals surface area contributed by atoms with E-state index >= 15 is 0 Å². The fourth-order valence-corrected chi connectivity index (χ4v) is 3.29. The van der Waals surface area contributed by atoms with Crippen LogP contribution in [-0.4, -0.2) is 30.2 Å². The average Bonchev–Trinajstić information content (AvgIpc) is 2.41. The number of nitrogens with zero attached hydrogens (tertiary/aromatic N) is 1. The zero-order valence-corrected chi connectivity index (χ0v) is 9.72. The SMILES string of the molecule is NC(=S)CN1C(=O)c2ccccc2S1(=O)=O. The van der Waals surface area contributed by atoms with Gasteiger partial charge in [0.25, 0.3) is 15.9 Å². The molecule has 84 valence electrons. The Balaban J connectivity index is 2.58. The summed E-state index contributed by atoms with van der Waals surface area (Å²) >= 11 is 4.62. The van der Waals surface area contributed by atoms with Gasteiger partial charge < -0.3 is 5.73 Å². The van der Waals surface area contributed by atoms with Gasteiger partial charge in [0.05, 0.1) is 17.1 Å². The normalized spacial score (nSPS) is 17.2. The molecule has 2 N–H and O–H groups in total. The number of amides is 1. The van der Waals surface area contributed by atoms with Gasteiger partial charge >= 0.3 is 0 Å². The topological polar surface area (TPSA) is 80.5 Å². The van der Waals surface area contributed by atoms with Gasteiger partial charge in [-0.15, -0.1) is 0 Å². The van der Waals surface area contributed by atoms with Crippen molar-refractivity contribution in [3.8, 4) is 0 Å². The lowest BCUT2D eigenvalue weighted by Gasteiger charge is -2.13. The Kier molecular flexibility index (Phi) is 2.43. The second-order valence-corrected chi connectivity index (χ2v) is 5.63. The predicted molar refractivity (Wildman–Crippen MR) is 61.4 cm³/mol. The minimum absolute atomic E-state index is 0.0104. The van der Waals surface area contributed by atoms with E-state index < -0.39 is 15.9 Å². The third-order valence-electron chi connectivity index (χ3n) is 2.21. The zero-order chi connectivity index (χ0) is 11.9. The lowest BCUT2D eigenvalue weighted by Crippen LogP contribution is -2.37. The van der Waals surface area contributed by atoms with Gasteiger partial charge in [0, 0.05) is 0 Å². The Labute approximate surface area is 97.9 Å². The van der Waals surface area contributed by atoms with E-state index in [0.29, 0.717) is 4.31 Å². The summed E-state index contributed by atoms with van der Waals surface area (Å²) in [4.78, 5) is 11.8. The highest BCUT2D eigenvalue weighted by atomic mass is 32.2. The number of sulfonamides is 1. The average molecular weight is 256 g/mol. The van der Waals surface area contributed by atoms with Crippen LogP contribution in [0.4, 0.5) is 0 Å². The van der Waals surface area contributed by atoms with Crippen molar-refractivity contribution in [3.05, 3.63) is 29.8 Å². The lowest BCUT2D eigenvalue weighted by molar-refractivity contribution is 0.0884. The summed E-state index contributed by atoms with van der Waals surface area (Å²) in [5, 5.41) is 0. The quantitative estimate of drug-likeness (QED) is 0.760. The summed E-state index contributed by atoms with van der Waals surface area (Å²) in [5.74, 6) is -0.580. The molecule has 1 aliphatic rings. The number of carbonyl (C=O) groups is 1. The van der Waals surface area contributed by atoms with Gasteiger partial charge in [-0.2, -0.15) is 0 Å². The Bertz CT molecular complexity index is 580. The molecule has 1 aliphatic heterocycles. The van der Waals surface area contributed by atoms with Gasteiger partial charge in [0.2, 0.25) is 0 Å². The van der Waals surface area contributed by atoms with Crippen LogP contribution < -0.4 is 5.73 Å². The second kappa shape index (κ2) is 3.53. The second-order valence-electron chi connectivity index (χ2n) is 3.28. The molecule has 1 aromatic carbocycles. The molecule has 1 aromatic rings. The number of hydrogen-bond acceptors (Lipinski definition) is 4. The number of nitrogens with two attached hydrogens (primary N) is 1. The summed E-state index contributed by atoms with van der Waals surface area (Å²) in [6.07, 6.45) is 0. The smallest absolute Gasteiger partial charge is 0.269 e. The highest BCUT2D eigenvalue weighted by Crippen LogP contribution is 2.29. The van der Waals surface area contributed by atoms with Crippen LogP contribution in [0.25, 0.3) is 0 Å². The maximum absolute atomic E-state index is 11.9. The van der Waals surface area contributed by atoms with Gasteiger partial charge in [0.15, 0.2) is 0 Å². The highest BCUT2D eigenvalue weighted by molar-refractivity contribution is 7.90. The van der Waals surface area contributed by atoms with E-state index in [1.54, 1.807) is 12.1 Å². The highest BCUT2D eigenvalue weighted by Gasteiger charge is 2.40. The van der Waals surface area contributed by atoms with E-state index in [9.17, 15) is 13.2 Å². The first kappa shape index (κ1) is 11.0. The maximum Gasteiger partial charge on any atom is 0.269 e. The molecule has 0 radical (unpaired) electrons. The van der Waals surface area contributed by atoms with Gasteiger partial charge in [0.1, 0.15) is 4.90 Å². The molecule has 0 aliphatic carbocycles. The molecule has 7 heteroatoms. The number of rotatable bonds is 2. The van der Waals surface area contributed by atoms with Gasteiger partial charge in [-0.3, -0.25) is 4.79 Å². The van der Waals surface area contributed by atoms with Gasteiger partial charge in [-0.25, -0.2) is 12.7 Å². The van der Waals surface area contributed by atoms with Crippen LogP contribution in [0.3, 0.4) is 0 Å². The first-order valence-electron chi connectivity index (χ1n) is 4.39. The summed E-state index contributed by atoms with van der Waals surface area (Å²) in [6.45, 7) is -0.259. The fraction of sp³-hybridized carbons (Fsp3) is 0.111. The minimum atomic E-state index is -3.77. The predicted octanol–water partition coefficient (Wildman–Crippen LogP) is 0.117. The van der Waals surface area contributed by atoms with Crippen molar-refractivity contribution < 1.29 is 13.2 Å². The summed E-state index contributed by atoms with van der Waals surface area (Å²) in [7, 11) is -3.77. The fourth-order valence-electron chi connectivity index (χ4n) is 1.53. The van der Waals surface area contributed by atoms with Gasteiger partial charge in [-0.05, 0) is 12.1 Å². The van der Waals surface area contributed by atoms with E-state index in [2.05, 4.69) is 12.2 Å². The lowest BCUT2D eigenvalue weighted by atomic mass is 10.2. The summed E-state index contributed by atoms with van der Waals surface area (Å²) < 4.78 is 24.5. The summed E-state index contributed by atoms with van der Waals surface area (Å²) in [5.41, 5.74) is 5.43. The number of benzene rings is 1. The number of fused-ring (bicyclic) bond motifs is 1. The van der Waals surface area contributed by atoms with Gasteiger partial charge in [-0.1, -0.05) is 24.4 Å². The number of hydrogen-bond donors (Lipinski definition) is 1. The van der Waals surface area contributed by atoms with E-state index in [1.807, 2.05) is 0 Å². The van der Waals surface area contributed by atoms with E-state index in [1.165, 1.54) is 12.1 Å². The van der Waals surface area contributed by atoms with E-state index in [0.717, 1.165) is 0 Å². The standard InChI is InChI=1S/C9H8N2O3S2/c10-8(15)5-11-9(12)6-3-1-2-4-7(6)16(11,13)14/h1-4H,5H2,(H2,10,15). The Hall–Kier alpha value is -1.47. The van der Waals surface area contributed by atoms with Crippen LogP contribution in [0.15, 0.2) is 29.2 Å². The van der Waals surface area contributed by atoms with Crippen LogP contribution in [0.5, 0.6) is 0 Å². The number of thiocarbonyl (C=S) groups is 1. The molecule has 0 saturated carbocycles. The molecular weight excluding hydrogens is 248 g/mol. The van der Waals surface area contributed by atoms with E-state index in [-0.39, 0.29) is 22.0 Å². The van der Waals surface area contributed by atoms with Crippen LogP contribution in [0, 0.1) is 0 Å². The van der Waals surface area contributed by atoms with Crippen molar-refractivity contribution in [2.24, 2.45) is 5.73 Å². The molecule has 2 rings (SSSR count). The Morgan fingerprint density at radius 2 is 2.00 bits per heavy atom. The maximum atomic E-state index is 11.9. The van der Waals surface area contributed by atoms with Crippen molar-refractivity contribution in [1.82, 2.24) is 4.31 Å². The molecule has 0 fully saturated rings. The van der Waals surface area contributed by atoms with Crippen LogP contribution in [0.2, 0.25) is 0 Å². The van der Waals surface area contributed by atoms with Crippen molar-refractivity contribution in [2.75, 3.05) is 6.54 Å². The molecule has 0 saturated heterocycles. The molecule has 0 bridgehead atoms. The Morgan fingerprint density at radius 3 is 2.56 bits per heavy atom. The van der Waals surface area contributed by atoms with Crippen molar-refractivity contribution in [1.29, 1.82) is 0 Å². The first-order chi connectivity index (χ1) is 7.44. The third kappa shape index (κ3) is 1.48. The largest absolute Gasteiger partial charge is 0.392 e. The van der Waals surface area contributed by atoms with Crippen molar-refractivity contribution >= 4 is 33.1 Å². The minimum Gasteiger partial charge on any atom is -0.392 e. The molecular formula is C9H8N2O3S2. The van der Waals surface area contributed by atoms with Crippen LogP contribution in [-0.2, 0) is 10.0 Å². The number of carbonyl (C=O) groups excluding carboxylic acids is 1.